The molecule has 0 unspecified atom stereocenters. The molecule has 0 atom stereocenters. The normalized spacial score (nSPS) is 10.1. The van der Waals surface area contributed by atoms with E-state index in [9.17, 15) is 10.1 Å². The van der Waals surface area contributed by atoms with Crippen LogP contribution in [0, 0.1) is 10.1 Å². The van der Waals surface area contributed by atoms with Crippen LogP contribution in [0.2, 0.25) is 5.02 Å². The third kappa shape index (κ3) is 4.10. The molecule has 0 fully saturated rings. The Bertz CT molecular complexity index is 572. The van der Waals surface area contributed by atoms with E-state index in [1.807, 2.05) is 0 Å². The van der Waals surface area contributed by atoms with Gasteiger partial charge in [-0.05, 0) is 30.3 Å². The number of hydrogen-bond donors (Lipinski definition) is 1. The zero-order valence-electron chi connectivity index (χ0n) is 10.5. The van der Waals surface area contributed by atoms with Crippen LogP contribution in [0.5, 0.6) is 5.75 Å². The van der Waals surface area contributed by atoms with Gasteiger partial charge in [0.1, 0.15) is 24.4 Å². The number of nitro groups is 1. The number of pyridine rings is 1. The average molecular weight is 294 g/mol. The molecule has 0 bridgehead atoms. The summed E-state index contributed by atoms with van der Waals surface area (Å²) in [5, 5.41) is 14.1. The monoisotopic (exact) mass is 293 g/mol. The molecule has 0 saturated carbocycles. The van der Waals surface area contributed by atoms with Gasteiger partial charge in [0.25, 0.3) is 5.69 Å². The Morgan fingerprint density at radius 1 is 1.25 bits per heavy atom. The molecule has 0 saturated heterocycles. The summed E-state index contributed by atoms with van der Waals surface area (Å²) in [5.41, 5.74) is -0.0343. The minimum atomic E-state index is -0.486. The molecular weight excluding hydrogens is 282 g/mol. The van der Waals surface area contributed by atoms with Gasteiger partial charge in [0.2, 0.25) is 0 Å². The van der Waals surface area contributed by atoms with Gasteiger partial charge in [-0.3, -0.25) is 10.1 Å². The molecule has 0 amide bonds. The molecule has 1 heterocycles. The molecule has 104 valence electrons. The van der Waals surface area contributed by atoms with Gasteiger partial charge in [0, 0.05) is 11.1 Å². The Morgan fingerprint density at radius 2 is 2.00 bits per heavy atom. The van der Waals surface area contributed by atoms with E-state index in [-0.39, 0.29) is 5.69 Å². The molecule has 0 radical (unpaired) electrons. The maximum Gasteiger partial charge on any atom is 0.287 e. The molecule has 0 aliphatic rings. The Kier molecular flexibility index (Phi) is 4.73. The second kappa shape index (κ2) is 6.72. The number of halogens is 1. The lowest BCUT2D eigenvalue weighted by molar-refractivity contribution is -0.385. The van der Waals surface area contributed by atoms with E-state index in [1.165, 1.54) is 12.3 Å². The van der Waals surface area contributed by atoms with Gasteiger partial charge < -0.3 is 10.1 Å². The summed E-state index contributed by atoms with van der Waals surface area (Å²) in [6, 6.07) is 10.0. The molecule has 20 heavy (non-hydrogen) atoms. The second-order valence-electron chi connectivity index (χ2n) is 3.89. The van der Waals surface area contributed by atoms with Gasteiger partial charge in [-0.1, -0.05) is 11.6 Å². The van der Waals surface area contributed by atoms with Crippen LogP contribution in [0.4, 0.5) is 11.5 Å². The van der Waals surface area contributed by atoms with E-state index in [0.29, 0.717) is 24.0 Å². The Hall–Kier alpha value is -2.34. The van der Waals surface area contributed by atoms with Crippen LogP contribution in [0.25, 0.3) is 0 Å². The molecule has 0 aliphatic carbocycles. The fourth-order valence-electron chi connectivity index (χ4n) is 1.48. The SMILES string of the molecule is O=[N+]([O-])c1ccc(NCCOc2ccc(Cl)cc2)nc1. The molecule has 0 spiro atoms. The highest BCUT2D eigenvalue weighted by Crippen LogP contribution is 2.15. The summed E-state index contributed by atoms with van der Waals surface area (Å²) in [7, 11) is 0. The number of nitrogens with one attached hydrogen (secondary N) is 1. The van der Waals surface area contributed by atoms with Gasteiger partial charge in [-0.2, -0.15) is 0 Å². The van der Waals surface area contributed by atoms with E-state index in [1.54, 1.807) is 30.3 Å². The van der Waals surface area contributed by atoms with Gasteiger partial charge in [0.15, 0.2) is 0 Å². The first-order valence-electron chi connectivity index (χ1n) is 5.88. The third-order valence-corrected chi connectivity index (χ3v) is 2.70. The first-order chi connectivity index (χ1) is 9.65. The first-order valence-corrected chi connectivity index (χ1v) is 6.25. The van der Waals surface area contributed by atoms with Crippen LogP contribution in [0.1, 0.15) is 0 Å². The molecule has 1 aromatic carbocycles. The molecular formula is C13H12ClN3O3. The Balaban J connectivity index is 1.75. The maximum absolute atomic E-state index is 10.5. The summed E-state index contributed by atoms with van der Waals surface area (Å²) in [5.74, 6) is 1.29. The minimum absolute atomic E-state index is 0.0343. The Morgan fingerprint density at radius 3 is 2.60 bits per heavy atom. The molecule has 0 aliphatic heterocycles. The summed E-state index contributed by atoms with van der Waals surface area (Å²) < 4.78 is 5.49. The first kappa shape index (κ1) is 14.1. The van der Waals surface area contributed by atoms with Crippen LogP contribution >= 0.6 is 11.6 Å². The van der Waals surface area contributed by atoms with Gasteiger partial charge >= 0.3 is 0 Å². The van der Waals surface area contributed by atoms with Crippen LogP contribution in [0.15, 0.2) is 42.6 Å². The van der Waals surface area contributed by atoms with Crippen LogP contribution in [-0.2, 0) is 0 Å². The molecule has 7 heteroatoms. The quantitative estimate of drug-likeness (QED) is 0.503. The maximum atomic E-state index is 10.5. The second-order valence-corrected chi connectivity index (χ2v) is 4.32. The van der Waals surface area contributed by atoms with Crippen molar-refractivity contribution in [3.8, 4) is 5.75 Å². The van der Waals surface area contributed by atoms with Crippen molar-refractivity contribution in [3.63, 3.8) is 0 Å². The summed E-state index contributed by atoms with van der Waals surface area (Å²) >= 11 is 5.76. The van der Waals surface area contributed by atoms with Crippen LogP contribution < -0.4 is 10.1 Å². The van der Waals surface area contributed by atoms with Gasteiger partial charge in [-0.25, -0.2) is 4.98 Å². The number of aromatic nitrogens is 1. The van der Waals surface area contributed by atoms with Crippen molar-refractivity contribution in [1.29, 1.82) is 0 Å². The highest BCUT2D eigenvalue weighted by molar-refractivity contribution is 6.30. The molecule has 6 nitrogen and oxygen atoms in total. The number of rotatable bonds is 6. The highest BCUT2D eigenvalue weighted by atomic mass is 35.5. The average Bonchev–Trinajstić information content (AvgIpc) is 2.46. The Labute approximate surface area is 120 Å². The standard InChI is InChI=1S/C13H12ClN3O3/c14-10-1-4-12(5-2-10)20-8-7-15-13-6-3-11(9-16-13)17(18)19/h1-6,9H,7-8H2,(H,15,16). The van der Waals surface area contributed by atoms with E-state index >= 15 is 0 Å². The molecule has 1 aromatic heterocycles. The smallest absolute Gasteiger partial charge is 0.287 e. The lowest BCUT2D eigenvalue weighted by Gasteiger charge is -2.07. The van der Waals surface area contributed by atoms with Crippen LogP contribution in [0.3, 0.4) is 0 Å². The zero-order chi connectivity index (χ0) is 14.4. The van der Waals surface area contributed by atoms with E-state index in [4.69, 9.17) is 16.3 Å². The third-order valence-electron chi connectivity index (χ3n) is 2.45. The lowest BCUT2D eigenvalue weighted by atomic mass is 10.3. The summed E-state index contributed by atoms with van der Waals surface area (Å²) in [6.45, 7) is 0.980. The predicted molar refractivity (Wildman–Crippen MR) is 76.3 cm³/mol. The van der Waals surface area contributed by atoms with Crippen molar-refractivity contribution in [2.75, 3.05) is 18.5 Å². The van der Waals surface area contributed by atoms with Gasteiger partial charge in [0.05, 0.1) is 11.5 Å². The molecule has 2 aromatic rings. The number of nitrogens with zero attached hydrogens (tertiary/aromatic N) is 2. The van der Waals surface area contributed by atoms with Crippen molar-refractivity contribution in [1.82, 2.24) is 4.98 Å². The fraction of sp³-hybridized carbons (Fsp3) is 0.154. The van der Waals surface area contributed by atoms with Crippen molar-refractivity contribution in [2.45, 2.75) is 0 Å². The number of benzene rings is 1. The van der Waals surface area contributed by atoms with Crippen LogP contribution in [-0.4, -0.2) is 23.1 Å². The van der Waals surface area contributed by atoms with E-state index in [0.717, 1.165) is 5.75 Å². The zero-order valence-corrected chi connectivity index (χ0v) is 11.2. The predicted octanol–water partition coefficient (Wildman–Crippen LogP) is 3.13. The van der Waals surface area contributed by atoms with Gasteiger partial charge in [-0.15, -0.1) is 0 Å². The highest BCUT2D eigenvalue weighted by Gasteiger charge is 2.04. The number of anilines is 1. The summed E-state index contributed by atoms with van der Waals surface area (Å²) in [4.78, 5) is 13.9. The largest absolute Gasteiger partial charge is 0.492 e. The topological polar surface area (TPSA) is 77.3 Å². The van der Waals surface area contributed by atoms with Crippen molar-refractivity contribution < 1.29 is 9.66 Å². The lowest BCUT2D eigenvalue weighted by Crippen LogP contribution is -2.12. The fourth-order valence-corrected chi connectivity index (χ4v) is 1.60. The number of hydrogen-bond acceptors (Lipinski definition) is 5. The van der Waals surface area contributed by atoms with Crippen molar-refractivity contribution >= 4 is 23.1 Å². The van der Waals surface area contributed by atoms with Crippen molar-refractivity contribution in [2.24, 2.45) is 0 Å². The molecule has 2 rings (SSSR count). The van der Waals surface area contributed by atoms with Crippen molar-refractivity contribution in [3.05, 3.63) is 57.7 Å². The number of ether oxygens (including phenoxy) is 1. The van der Waals surface area contributed by atoms with E-state index in [2.05, 4.69) is 10.3 Å². The minimum Gasteiger partial charge on any atom is -0.492 e. The van der Waals surface area contributed by atoms with E-state index < -0.39 is 4.92 Å². The summed E-state index contributed by atoms with van der Waals surface area (Å²) in [6.07, 6.45) is 1.21. The molecule has 1 N–H and O–H groups in total.